The van der Waals surface area contributed by atoms with Crippen molar-refractivity contribution in [2.75, 3.05) is 24.2 Å². The summed E-state index contributed by atoms with van der Waals surface area (Å²) in [5.41, 5.74) is 7.98. The van der Waals surface area contributed by atoms with Gasteiger partial charge in [0.15, 0.2) is 0 Å². The maximum Gasteiger partial charge on any atom is 0.0765 e. The standard InChI is InChI=1S/C15H21N3O/c1-10-7-11-12(8-17-10)13(16)5-6-14(11)18(4)9-15(2,3)19/h5-8,19H,9,16H2,1-4H3. The van der Waals surface area contributed by atoms with Gasteiger partial charge in [-0.1, -0.05) is 0 Å². The topological polar surface area (TPSA) is 62.4 Å². The van der Waals surface area contributed by atoms with Crippen LogP contribution in [0.3, 0.4) is 0 Å². The predicted octanol–water partition coefficient (Wildman–Crippen LogP) is 2.33. The first-order chi connectivity index (χ1) is 8.78. The molecule has 0 aliphatic rings. The van der Waals surface area contributed by atoms with Gasteiger partial charge in [-0.25, -0.2) is 0 Å². The molecule has 0 amide bonds. The third-order valence-corrected chi connectivity index (χ3v) is 3.08. The summed E-state index contributed by atoms with van der Waals surface area (Å²) >= 11 is 0. The molecule has 2 aromatic rings. The number of nitrogens with zero attached hydrogens (tertiary/aromatic N) is 2. The monoisotopic (exact) mass is 259 g/mol. The van der Waals surface area contributed by atoms with Crippen LogP contribution in [0.2, 0.25) is 0 Å². The van der Waals surface area contributed by atoms with Gasteiger partial charge in [-0.2, -0.15) is 0 Å². The molecule has 19 heavy (non-hydrogen) atoms. The van der Waals surface area contributed by atoms with Crippen molar-refractivity contribution in [3.8, 4) is 0 Å². The average Bonchev–Trinajstić information content (AvgIpc) is 2.26. The smallest absolute Gasteiger partial charge is 0.0765 e. The number of nitrogens with two attached hydrogens (primary N) is 1. The predicted molar refractivity (Wildman–Crippen MR) is 80.5 cm³/mol. The Balaban J connectivity index is 2.54. The molecule has 0 radical (unpaired) electrons. The molecule has 0 aliphatic heterocycles. The minimum absolute atomic E-state index is 0.549. The number of hydrogen-bond acceptors (Lipinski definition) is 4. The Labute approximate surface area is 113 Å². The van der Waals surface area contributed by atoms with Gasteiger partial charge in [-0.05, 0) is 39.0 Å². The van der Waals surface area contributed by atoms with Gasteiger partial charge >= 0.3 is 0 Å². The second kappa shape index (κ2) is 4.70. The van der Waals surface area contributed by atoms with Crippen LogP contribution in [-0.2, 0) is 0 Å². The molecule has 1 heterocycles. The normalized spacial score (nSPS) is 11.8. The largest absolute Gasteiger partial charge is 0.398 e. The van der Waals surface area contributed by atoms with Crippen LogP contribution >= 0.6 is 0 Å². The molecule has 2 rings (SSSR count). The number of likely N-dealkylation sites (N-methyl/N-ethyl adjacent to an activating group) is 1. The van der Waals surface area contributed by atoms with Crippen molar-refractivity contribution in [3.63, 3.8) is 0 Å². The average molecular weight is 259 g/mol. The zero-order valence-electron chi connectivity index (χ0n) is 11.9. The molecular weight excluding hydrogens is 238 g/mol. The lowest BCUT2D eigenvalue weighted by atomic mass is 10.1. The molecule has 3 N–H and O–H groups in total. The minimum atomic E-state index is -0.746. The lowest BCUT2D eigenvalue weighted by Crippen LogP contribution is -2.36. The molecule has 0 fully saturated rings. The number of benzene rings is 1. The Hall–Kier alpha value is -1.81. The molecule has 1 aromatic heterocycles. The van der Waals surface area contributed by atoms with Crippen molar-refractivity contribution >= 4 is 22.1 Å². The number of nitrogen functional groups attached to an aromatic ring is 1. The summed E-state index contributed by atoms with van der Waals surface area (Å²) in [7, 11) is 1.97. The Morgan fingerprint density at radius 3 is 2.63 bits per heavy atom. The number of anilines is 2. The van der Waals surface area contributed by atoms with Crippen LogP contribution in [0.15, 0.2) is 24.4 Å². The fourth-order valence-corrected chi connectivity index (χ4v) is 2.35. The molecule has 0 bridgehead atoms. The molecule has 0 aliphatic carbocycles. The third-order valence-electron chi connectivity index (χ3n) is 3.08. The zero-order chi connectivity index (χ0) is 14.2. The van der Waals surface area contributed by atoms with E-state index in [9.17, 15) is 5.11 Å². The van der Waals surface area contributed by atoms with Crippen molar-refractivity contribution in [3.05, 3.63) is 30.1 Å². The van der Waals surface area contributed by atoms with Crippen LogP contribution in [0, 0.1) is 6.92 Å². The first kappa shape index (κ1) is 13.6. The number of aryl methyl sites for hydroxylation is 1. The van der Waals surface area contributed by atoms with Crippen molar-refractivity contribution in [1.29, 1.82) is 0 Å². The molecule has 4 heteroatoms. The van der Waals surface area contributed by atoms with Crippen LogP contribution in [0.1, 0.15) is 19.5 Å². The summed E-state index contributed by atoms with van der Waals surface area (Å²) in [5.74, 6) is 0. The van der Waals surface area contributed by atoms with Gasteiger partial charge in [0, 0.05) is 47.6 Å². The Morgan fingerprint density at radius 2 is 2.00 bits per heavy atom. The number of rotatable bonds is 3. The lowest BCUT2D eigenvalue weighted by Gasteiger charge is -2.28. The summed E-state index contributed by atoms with van der Waals surface area (Å²) in [5, 5.41) is 12.0. The van der Waals surface area contributed by atoms with E-state index < -0.39 is 5.60 Å². The van der Waals surface area contributed by atoms with E-state index >= 15 is 0 Å². The van der Waals surface area contributed by atoms with E-state index in [0.29, 0.717) is 6.54 Å². The fourth-order valence-electron chi connectivity index (χ4n) is 2.35. The lowest BCUT2D eigenvalue weighted by molar-refractivity contribution is 0.0887. The Kier molecular flexibility index (Phi) is 3.37. The molecule has 0 atom stereocenters. The minimum Gasteiger partial charge on any atom is -0.398 e. The maximum atomic E-state index is 9.95. The van der Waals surface area contributed by atoms with Crippen molar-refractivity contribution in [2.24, 2.45) is 0 Å². The highest BCUT2D eigenvalue weighted by Gasteiger charge is 2.17. The molecule has 0 saturated carbocycles. The van der Waals surface area contributed by atoms with E-state index in [-0.39, 0.29) is 0 Å². The van der Waals surface area contributed by atoms with E-state index in [2.05, 4.69) is 4.98 Å². The summed E-state index contributed by atoms with van der Waals surface area (Å²) in [6.07, 6.45) is 1.81. The van der Waals surface area contributed by atoms with Gasteiger partial charge in [0.2, 0.25) is 0 Å². The van der Waals surface area contributed by atoms with E-state index in [4.69, 9.17) is 5.73 Å². The highest BCUT2D eigenvalue weighted by Crippen LogP contribution is 2.31. The highest BCUT2D eigenvalue weighted by atomic mass is 16.3. The van der Waals surface area contributed by atoms with Crippen LogP contribution < -0.4 is 10.6 Å². The van der Waals surface area contributed by atoms with E-state index in [1.54, 1.807) is 20.0 Å². The van der Waals surface area contributed by atoms with Crippen LogP contribution in [-0.4, -0.2) is 29.3 Å². The van der Waals surface area contributed by atoms with E-state index in [0.717, 1.165) is 27.8 Å². The highest BCUT2D eigenvalue weighted by molar-refractivity contribution is 6.01. The maximum absolute atomic E-state index is 9.95. The van der Waals surface area contributed by atoms with Gasteiger partial charge in [0.05, 0.1) is 5.60 Å². The number of hydrogen-bond donors (Lipinski definition) is 2. The first-order valence-corrected chi connectivity index (χ1v) is 6.36. The number of aromatic nitrogens is 1. The number of aliphatic hydroxyl groups is 1. The van der Waals surface area contributed by atoms with E-state index in [1.807, 2.05) is 37.1 Å². The molecule has 1 aromatic carbocycles. The Bertz CT molecular complexity index is 602. The summed E-state index contributed by atoms with van der Waals surface area (Å²) in [6, 6.07) is 5.90. The zero-order valence-corrected chi connectivity index (χ0v) is 11.9. The van der Waals surface area contributed by atoms with Gasteiger partial charge in [-0.15, -0.1) is 0 Å². The SMILES string of the molecule is Cc1cc2c(N(C)CC(C)(C)O)ccc(N)c2cn1. The molecule has 0 unspecified atom stereocenters. The van der Waals surface area contributed by atoms with Crippen molar-refractivity contribution in [2.45, 2.75) is 26.4 Å². The van der Waals surface area contributed by atoms with Gasteiger partial charge in [0.25, 0.3) is 0 Å². The molecule has 0 saturated heterocycles. The number of pyridine rings is 1. The summed E-state index contributed by atoms with van der Waals surface area (Å²) in [4.78, 5) is 6.34. The molecule has 102 valence electrons. The number of fused-ring (bicyclic) bond motifs is 1. The molecule has 0 spiro atoms. The molecule has 4 nitrogen and oxygen atoms in total. The first-order valence-electron chi connectivity index (χ1n) is 6.36. The van der Waals surface area contributed by atoms with Crippen molar-refractivity contribution < 1.29 is 5.11 Å². The van der Waals surface area contributed by atoms with Gasteiger partial charge in [0.1, 0.15) is 0 Å². The van der Waals surface area contributed by atoms with Crippen LogP contribution in [0.5, 0.6) is 0 Å². The molecular formula is C15H21N3O. The summed E-state index contributed by atoms with van der Waals surface area (Å²) in [6.45, 7) is 6.11. The van der Waals surface area contributed by atoms with E-state index in [1.165, 1.54) is 0 Å². The third kappa shape index (κ3) is 2.96. The second-order valence-electron chi connectivity index (χ2n) is 5.71. The Morgan fingerprint density at radius 1 is 1.32 bits per heavy atom. The quantitative estimate of drug-likeness (QED) is 0.830. The van der Waals surface area contributed by atoms with Crippen molar-refractivity contribution in [1.82, 2.24) is 4.98 Å². The summed E-state index contributed by atoms with van der Waals surface area (Å²) < 4.78 is 0. The second-order valence-corrected chi connectivity index (χ2v) is 5.71. The van der Waals surface area contributed by atoms with Gasteiger partial charge in [-0.3, -0.25) is 4.98 Å². The van der Waals surface area contributed by atoms with Crippen LogP contribution in [0.25, 0.3) is 10.8 Å². The fraction of sp³-hybridized carbons (Fsp3) is 0.400. The van der Waals surface area contributed by atoms with Crippen LogP contribution in [0.4, 0.5) is 11.4 Å². The van der Waals surface area contributed by atoms with Gasteiger partial charge < -0.3 is 15.7 Å².